The number of amidine groups is 1. The van der Waals surface area contributed by atoms with E-state index in [4.69, 9.17) is 14.5 Å². The van der Waals surface area contributed by atoms with E-state index in [1.165, 1.54) is 11.8 Å². The number of fused-ring (bicyclic) bond motifs is 1. The Bertz CT molecular complexity index is 1150. The largest absolute Gasteiger partial charge is 0.496 e. The molecule has 4 rings (SSSR count). The van der Waals surface area contributed by atoms with Gasteiger partial charge in [-0.1, -0.05) is 55.9 Å². The molecule has 1 fully saturated rings. The number of rotatable bonds is 6. The van der Waals surface area contributed by atoms with Crippen molar-refractivity contribution in [1.29, 1.82) is 0 Å². The molecule has 0 unspecified atom stereocenters. The zero-order valence-corrected chi connectivity index (χ0v) is 20.4. The summed E-state index contributed by atoms with van der Waals surface area (Å²) in [5.41, 5.74) is 4.57. The van der Waals surface area contributed by atoms with Crippen molar-refractivity contribution in [3.63, 3.8) is 0 Å². The molecule has 2 aromatic rings. The van der Waals surface area contributed by atoms with E-state index in [0.717, 1.165) is 28.0 Å². The number of methoxy groups -OCH3 is 1. The quantitative estimate of drug-likeness (QED) is 0.557. The lowest BCUT2D eigenvalue weighted by Gasteiger charge is -2.35. The lowest BCUT2D eigenvalue weighted by atomic mass is 9.86. The molecule has 1 atom stereocenters. The normalized spacial score (nSPS) is 17.9. The molecule has 0 aromatic heterocycles. The van der Waals surface area contributed by atoms with Crippen molar-refractivity contribution in [1.82, 2.24) is 4.90 Å². The highest BCUT2D eigenvalue weighted by molar-refractivity contribution is 8.15. The average Bonchev–Trinajstić information content (AvgIpc) is 3.18. The number of carbonyl (C=O) groups excluding carboxylic acids is 2. The predicted molar refractivity (Wildman–Crippen MR) is 131 cm³/mol. The maximum Gasteiger partial charge on any atom is 0.338 e. The molecule has 2 heterocycles. The second kappa shape index (κ2) is 9.43. The molecule has 7 heteroatoms. The number of amides is 1. The minimum atomic E-state index is -0.627. The maximum atomic E-state index is 13.4. The van der Waals surface area contributed by atoms with Crippen LogP contribution in [0.15, 0.2) is 53.0 Å². The highest BCUT2D eigenvalue weighted by atomic mass is 32.2. The highest BCUT2D eigenvalue weighted by Gasteiger charge is 2.45. The number of hydrogen-bond donors (Lipinski definition) is 0. The number of aryl methyl sites for hydroxylation is 1. The summed E-state index contributed by atoms with van der Waals surface area (Å²) < 4.78 is 11.1. The van der Waals surface area contributed by atoms with Crippen molar-refractivity contribution in [3.05, 3.63) is 70.3 Å². The van der Waals surface area contributed by atoms with Gasteiger partial charge in [-0.2, -0.15) is 0 Å². The van der Waals surface area contributed by atoms with Gasteiger partial charge in [0.25, 0.3) is 0 Å². The fourth-order valence-electron chi connectivity index (χ4n) is 4.29. The van der Waals surface area contributed by atoms with Gasteiger partial charge >= 0.3 is 5.97 Å². The number of benzene rings is 2. The van der Waals surface area contributed by atoms with Crippen LogP contribution in [0.4, 0.5) is 0 Å². The van der Waals surface area contributed by atoms with Gasteiger partial charge in [0.05, 0.1) is 36.8 Å². The smallest absolute Gasteiger partial charge is 0.338 e. The van der Waals surface area contributed by atoms with Crippen molar-refractivity contribution < 1.29 is 19.1 Å². The van der Waals surface area contributed by atoms with E-state index in [9.17, 15) is 9.59 Å². The topological polar surface area (TPSA) is 68.2 Å². The molecule has 2 aliphatic heterocycles. The first-order valence-corrected chi connectivity index (χ1v) is 12.0. The molecule has 2 aliphatic rings. The van der Waals surface area contributed by atoms with Crippen molar-refractivity contribution in [2.45, 2.75) is 39.7 Å². The second-order valence-electron chi connectivity index (χ2n) is 8.30. The molecule has 0 aliphatic carbocycles. The van der Waals surface area contributed by atoms with E-state index in [1.54, 1.807) is 18.9 Å². The third kappa shape index (κ3) is 4.17. The van der Waals surface area contributed by atoms with Crippen LogP contribution in [0.25, 0.3) is 5.70 Å². The standard InChI is InChI=1S/C26H28N2O4S/c1-6-32-25(30)22-23(17-10-8-7-9-11-17)27-26-28(21(29)14-33-26)24(22)19-13-18(15(2)3)20(31-5)12-16(19)4/h7-13,15,24H,6,14H2,1-5H3/t24-/m1/s1. The lowest BCUT2D eigenvalue weighted by Crippen LogP contribution is -2.40. The molecule has 1 amide bonds. The SMILES string of the molecule is CCOC(=O)C1=C(c2ccccc2)N=C2SCC(=O)N2[C@@H]1c1cc(C(C)C)c(OC)cc1C. The van der Waals surface area contributed by atoms with E-state index < -0.39 is 12.0 Å². The van der Waals surface area contributed by atoms with E-state index in [1.807, 2.05) is 43.3 Å². The van der Waals surface area contributed by atoms with Crippen LogP contribution in [0.3, 0.4) is 0 Å². The van der Waals surface area contributed by atoms with E-state index in [2.05, 4.69) is 19.9 Å². The van der Waals surface area contributed by atoms with Crippen LogP contribution in [-0.2, 0) is 14.3 Å². The summed E-state index contributed by atoms with van der Waals surface area (Å²) >= 11 is 1.40. The summed E-state index contributed by atoms with van der Waals surface area (Å²) in [6.45, 7) is 8.18. The van der Waals surface area contributed by atoms with E-state index in [0.29, 0.717) is 22.2 Å². The third-order valence-electron chi connectivity index (χ3n) is 5.87. The fraction of sp³-hybridized carbons (Fsp3) is 0.346. The minimum absolute atomic E-state index is 0.0704. The van der Waals surface area contributed by atoms with Gasteiger partial charge in [-0.15, -0.1) is 0 Å². The number of ether oxygens (including phenoxy) is 2. The van der Waals surface area contributed by atoms with Gasteiger partial charge in [0, 0.05) is 5.56 Å². The number of hydrogen-bond acceptors (Lipinski definition) is 6. The summed E-state index contributed by atoms with van der Waals surface area (Å²) in [6.07, 6.45) is 0. The first-order valence-electron chi connectivity index (χ1n) is 11.1. The monoisotopic (exact) mass is 464 g/mol. The van der Waals surface area contributed by atoms with E-state index >= 15 is 0 Å². The predicted octanol–water partition coefficient (Wildman–Crippen LogP) is 5.09. The zero-order valence-electron chi connectivity index (χ0n) is 19.5. The van der Waals surface area contributed by atoms with Crippen molar-refractivity contribution >= 4 is 34.5 Å². The Morgan fingerprint density at radius 2 is 1.97 bits per heavy atom. The van der Waals surface area contributed by atoms with Gasteiger partial charge in [0.15, 0.2) is 5.17 Å². The zero-order chi connectivity index (χ0) is 23.7. The molecule has 2 aromatic carbocycles. The average molecular weight is 465 g/mol. The molecule has 0 saturated carbocycles. The summed E-state index contributed by atoms with van der Waals surface area (Å²) in [4.78, 5) is 32.9. The van der Waals surface area contributed by atoms with Crippen LogP contribution < -0.4 is 4.74 Å². The first kappa shape index (κ1) is 23.1. The van der Waals surface area contributed by atoms with Crippen LogP contribution in [-0.4, -0.2) is 41.4 Å². The van der Waals surface area contributed by atoms with Crippen molar-refractivity contribution in [3.8, 4) is 5.75 Å². The van der Waals surface area contributed by atoms with Gasteiger partial charge in [0.2, 0.25) is 5.91 Å². The molecular formula is C26H28N2O4S. The lowest BCUT2D eigenvalue weighted by molar-refractivity contribution is -0.139. The molecular weight excluding hydrogens is 436 g/mol. The van der Waals surface area contributed by atoms with Gasteiger partial charge < -0.3 is 9.47 Å². The Morgan fingerprint density at radius 3 is 2.61 bits per heavy atom. The summed E-state index contributed by atoms with van der Waals surface area (Å²) in [6, 6.07) is 13.0. The van der Waals surface area contributed by atoms with Gasteiger partial charge in [-0.25, -0.2) is 9.79 Å². The number of aliphatic imine (C=N–C) groups is 1. The van der Waals surface area contributed by atoms with E-state index in [-0.39, 0.29) is 18.4 Å². The molecule has 1 saturated heterocycles. The molecule has 0 radical (unpaired) electrons. The Kier molecular flexibility index (Phi) is 6.61. The molecule has 0 N–H and O–H groups in total. The molecule has 0 bridgehead atoms. The Labute approximate surface area is 198 Å². The van der Waals surface area contributed by atoms with Crippen LogP contribution in [0.1, 0.15) is 55.0 Å². The second-order valence-corrected chi connectivity index (χ2v) is 9.25. The molecule has 33 heavy (non-hydrogen) atoms. The Morgan fingerprint density at radius 1 is 1.24 bits per heavy atom. The molecule has 6 nitrogen and oxygen atoms in total. The molecule has 0 spiro atoms. The highest BCUT2D eigenvalue weighted by Crippen LogP contribution is 2.46. The van der Waals surface area contributed by atoms with Crippen LogP contribution in [0.5, 0.6) is 5.75 Å². The van der Waals surface area contributed by atoms with Gasteiger partial charge in [-0.05, 0) is 48.6 Å². The number of carbonyl (C=O) groups is 2. The summed E-state index contributed by atoms with van der Waals surface area (Å²) in [5.74, 6) is 0.750. The van der Waals surface area contributed by atoms with Crippen LogP contribution in [0, 0.1) is 6.92 Å². The van der Waals surface area contributed by atoms with Crippen molar-refractivity contribution in [2.24, 2.45) is 4.99 Å². The number of thioether (sulfide) groups is 1. The Hall–Kier alpha value is -3.06. The first-order chi connectivity index (χ1) is 15.9. The Balaban J connectivity index is 2.02. The number of nitrogens with zero attached hydrogens (tertiary/aromatic N) is 2. The van der Waals surface area contributed by atoms with Crippen molar-refractivity contribution in [2.75, 3.05) is 19.5 Å². The minimum Gasteiger partial charge on any atom is -0.496 e. The van der Waals surface area contributed by atoms with Crippen LogP contribution in [0.2, 0.25) is 0 Å². The molecule has 172 valence electrons. The fourth-order valence-corrected chi connectivity index (χ4v) is 5.19. The summed E-state index contributed by atoms with van der Waals surface area (Å²) in [7, 11) is 1.66. The summed E-state index contributed by atoms with van der Waals surface area (Å²) in [5, 5.41) is 0.609. The maximum absolute atomic E-state index is 13.4. The van der Waals surface area contributed by atoms with Gasteiger partial charge in [-0.3, -0.25) is 9.69 Å². The van der Waals surface area contributed by atoms with Gasteiger partial charge in [0.1, 0.15) is 5.75 Å². The number of esters is 1. The van der Waals surface area contributed by atoms with Crippen LogP contribution >= 0.6 is 11.8 Å². The third-order valence-corrected chi connectivity index (χ3v) is 6.81.